The lowest BCUT2D eigenvalue weighted by Crippen LogP contribution is -2.40. The standard InChI is InChI=1S/C31H28N2O4/c1-19-23-15-25-26(21-9-4-3-5-10-21)18-36-29(25)20(2)30(23)37-31(35)24(19)16-28(34)33-14-7-6-12-27(33)22-11-8-13-32-17-22/h3-5,8-11,13,15,17-18,27H,6-7,12,14,16H2,1-2H3/t27-/m1/s1. The third kappa shape index (κ3) is 4.02. The van der Waals surface area contributed by atoms with Crippen LogP contribution in [0.5, 0.6) is 0 Å². The van der Waals surface area contributed by atoms with E-state index in [2.05, 4.69) is 4.98 Å². The van der Waals surface area contributed by atoms with E-state index in [-0.39, 0.29) is 18.4 Å². The molecule has 6 heteroatoms. The van der Waals surface area contributed by atoms with Crippen LogP contribution in [0, 0.1) is 13.8 Å². The zero-order valence-corrected chi connectivity index (χ0v) is 21.0. The van der Waals surface area contributed by atoms with Crippen LogP contribution in [0.25, 0.3) is 33.1 Å². The molecule has 0 aliphatic carbocycles. The van der Waals surface area contributed by atoms with Gasteiger partial charge < -0.3 is 13.7 Å². The monoisotopic (exact) mass is 492 g/mol. The van der Waals surface area contributed by atoms with Crippen LogP contribution in [-0.4, -0.2) is 22.3 Å². The Morgan fingerprint density at radius 1 is 1.03 bits per heavy atom. The Morgan fingerprint density at radius 3 is 2.65 bits per heavy atom. The molecule has 0 unspecified atom stereocenters. The fourth-order valence-corrected chi connectivity index (χ4v) is 5.64. The minimum absolute atomic E-state index is 0.00881. The number of hydrogen-bond donors (Lipinski definition) is 0. The first kappa shape index (κ1) is 23.2. The zero-order chi connectivity index (χ0) is 25.5. The van der Waals surface area contributed by atoms with Crippen molar-refractivity contribution in [1.82, 2.24) is 9.88 Å². The molecule has 0 radical (unpaired) electrons. The van der Waals surface area contributed by atoms with E-state index in [1.807, 2.05) is 73.5 Å². The van der Waals surface area contributed by atoms with Crippen molar-refractivity contribution in [3.63, 3.8) is 0 Å². The first-order valence-corrected chi connectivity index (χ1v) is 12.7. The van der Waals surface area contributed by atoms with Gasteiger partial charge in [-0.1, -0.05) is 36.4 Å². The van der Waals surface area contributed by atoms with E-state index in [4.69, 9.17) is 8.83 Å². The number of rotatable bonds is 4. The number of pyridine rings is 1. The molecule has 5 aromatic rings. The Labute approximate surface area is 214 Å². The van der Waals surface area contributed by atoms with Crippen molar-refractivity contribution in [2.45, 2.75) is 45.6 Å². The topological polar surface area (TPSA) is 76.6 Å². The molecule has 0 bridgehead atoms. The first-order valence-electron chi connectivity index (χ1n) is 12.7. The van der Waals surface area contributed by atoms with Gasteiger partial charge in [0.2, 0.25) is 5.91 Å². The Balaban J connectivity index is 1.42. The van der Waals surface area contributed by atoms with E-state index in [0.29, 0.717) is 23.3 Å². The number of aryl methyl sites for hydroxylation is 2. The molecular weight excluding hydrogens is 464 g/mol. The maximum atomic E-state index is 13.6. The predicted octanol–water partition coefficient (Wildman–Crippen LogP) is 6.51. The van der Waals surface area contributed by atoms with E-state index < -0.39 is 5.63 Å². The van der Waals surface area contributed by atoms with Gasteiger partial charge in [-0.3, -0.25) is 9.78 Å². The highest BCUT2D eigenvalue weighted by Gasteiger charge is 2.29. The third-order valence-corrected chi connectivity index (χ3v) is 7.65. The minimum Gasteiger partial charge on any atom is -0.463 e. The normalized spacial score (nSPS) is 15.9. The molecule has 3 aromatic heterocycles. The summed E-state index contributed by atoms with van der Waals surface area (Å²) in [5.74, 6) is -0.0608. The molecule has 6 rings (SSSR count). The van der Waals surface area contributed by atoms with Crippen LogP contribution < -0.4 is 5.63 Å². The van der Waals surface area contributed by atoms with E-state index in [0.717, 1.165) is 57.9 Å². The number of furan rings is 1. The number of amides is 1. The van der Waals surface area contributed by atoms with Gasteiger partial charge in [-0.15, -0.1) is 0 Å². The molecule has 1 amide bonds. The number of aromatic nitrogens is 1. The molecule has 0 saturated carbocycles. The van der Waals surface area contributed by atoms with E-state index in [1.165, 1.54) is 0 Å². The maximum Gasteiger partial charge on any atom is 0.340 e. The van der Waals surface area contributed by atoms with Crippen molar-refractivity contribution in [3.8, 4) is 11.1 Å². The number of nitrogens with zero attached hydrogens (tertiary/aromatic N) is 2. The van der Waals surface area contributed by atoms with Gasteiger partial charge in [-0.05, 0) is 61.9 Å². The summed E-state index contributed by atoms with van der Waals surface area (Å²) in [5.41, 5.74) is 5.77. The molecule has 1 atom stereocenters. The van der Waals surface area contributed by atoms with Crippen LogP contribution in [0.3, 0.4) is 0 Å². The second kappa shape index (κ2) is 9.36. The van der Waals surface area contributed by atoms with Gasteiger partial charge in [-0.2, -0.15) is 0 Å². The molecule has 0 spiro atoms. The van der Waals surface area contributed by atoms with E-state index >= 15 is 0 Å². The van der Waals surface area contributed by atoms with Crippen LogP contribution in [0.2, 0.25) is 0 Å². The molecule has 1 aliphatic rings. The van der Waals surface area contributed by atoms with Gasteiger partial charge in [0.1, 0.15) is 11.2 Å². The molecule has 2 aromatic carbocycles. The summed E-state index contributed by atoms with van der Waals surface area (Å²) in [6.07, 6.45) is 8.23. The molecule has 1 aliphatic heterocycles. The minimum atomic E-state index is -0.467. The van der Waals surface area contributed by atoms with E-state index in [1.54, 1.807) is 12.5 Å². The van der Waals surface area contributed by atoms with Gasteiger partial charge in [0.15, 0.2) is 0 Å². The fourth-order valence-electron chi connectivity index (χ4n) is 5.64. The van der Waals surface area contributed by atoms with Crippen molar-refractivity contribution in [2.24, 2.45) is 0 Å². The highest BCUT2D eigenvalue weighted by Crippen LogP contribution is 2.37. The summed E-state index contributed by atoms with van der Waals surface area (Å²) in [6, 6.07) is 16.0. The second-order valence-electron chi connectivity index (χ2n) is 9.83. The summed E-state index contributed by atoms with van der Waals surface area (Å²) >= 11 is 0. The van der Waals surface area contributed by atoms with Gasteiger partial charge >= 0.3 is 5.63 Å². The van der Waals surface area contributed by atoms with Crippen molar-refractivity contribution >= 4 is 27.8 Å². The lowest BCUT2D eigenvalue weighted by molar-refractivity contribution is -0.134. The number of piperidine rings is 1. The number of carbonyl (C=O) groups is 1. The Kier molecular flexibility index (Phi) is 5.87. The SMILES string of the molecule is Cc1c(CC(=O)N2CCCC[C@@H]2c2cccnc2)c(=O)oc2c(C)c3occ(-c4ccccc4)c3cc12. The van der Waals surface area contributed by atoms with Crippen molar-refractivity contribution in [3.05, 3.63) is 99.9 Å². The summed E-state index contributed by atoms with van der Waals surface area (Å²) in [5, 5.41) is 1.78. The number of likely N-dealkylation sites (tertiary alicyclic amines) is 1. The average molecular weight is 493 g/mol. The smallest absolute Gasteiger partial charge is 0.340 e. The van der Waals surface area contributed by atoms with Gasteiger partial charge in [0.05, 0.1) is 24.3 Å². The molecule has 186 valence electrons. The van der Waals surface area contributed by atoms with Gasteiger partial charge in [-0.25, -0.2) is 4.79 Å². The predicted molar refractivity (Wildman–Crippen MR) is 143 cm³/mol. The number of hydrogen-bond acceptors (Lipinski definition) is 5. The molecule has 4 heterocycles. The number of carbonyl (C=O) groups excluding carboxylic acids is 1. The summed E-state index contributed by atoms with van der Waals surface area (Å²) in [6.45, 7) is 4.48. The fraction of sp³-hybridized carbons (Fsp3) is 0.258. The van der Waals surface area contributed by atoms with Crippen LogP contribution in [0.1, 0.15) is 47.6 Å². The summed E-state index contributed by atoms with van der Waals surface area (Å²) < 4.78 is 11.8. The lowest BCUT2D eigenvalue weighted by atomic mass is 9.94. The van der Waals surface area contributed by atoms with Crippen molar-refractivity contribution < 1.29 is 13.6 Å². The second-order valence-corrected chi connectivity index (χ2v) is 9.83. The first-order chi connectivity index (χ1) is 18.0. The molecular formula is C31H28N2O4. The Bertz CT molecular complexity index is 1670. The third-order valence-electron chi connectivity index (χ3n) is 7.65. The highest BCUT2D eigenvalue weighted by atomic mass is 16.4. The largest absolute Gasteiger partial charge is 0.463 e. The molecule has 37 heavy (non-hydrogen) atoms. The van der Waals surface area contributed by atoms with Crippen LogP contribution in [0.4, 0.5) is 0 Å². The van der Waals surface area contributed by atoms with Crippen LogP contribution in [0.15, 0.2) is 80.8 Å². The molecule has 6 nitrogen and oxygen atoms in total. The number of fused-ring (bicyclic) bond motifs is 2. The molecule has 1 saturated heterocycles. The summed E-state index contributed by atoms with van der Waals surface area (Å²) in [7, 11) is 0. The molecule has 0 N–H and O–H groups in total. The lowest BCUT2D eigenvalue weighted by Gasteiger charge is -2.36. The quantitative estimate of drug-likeness (QED) is 0.267. The Morgan fingerprint density at radius 2 is 1.86 bits per heavy atom. The van der Waals surface area contributed by atoms with Crippen molar-refractivity contribution in [1.29, 1.82) is 0 Å². The average Bonchev–Trinajstić information content (AvgIpc) is 3.37. The number of benzene rings is 2. The Hall–Kier alpha value is -4.19. The summed E-state index contributed by atoms with van der Waals surface area (Å²) in [4.78, 5) is 32.9. The van der Waals surface area contributed by atoms with Gasteiger partial charge in [0, 0.05) is 40.8 Å². The molecule has 1 fully saturated rings. The van der Waals surface area contributed by atoms with Crippen molar-refractivity contribution in [2.75, 3.05) is 6.54 Å². The zero-order valence-electron chi connectivity index (χ0n) is 21.0. The van der Waals surface area contributed by atoms with Gasteiger partial charge in [0.25, 0.3) is 0 Å². The van der Waals surface area contributed by atoms with Crippen LogP contribution in [-0.2, 0) is 11.2 Å². The maximum absolute atomic E-state index is 13.6. The van der Waals surface area contributed by atoms with E-state index in [9.17, 15) is 9.59 Å². The van der Waals surface area contributed by atoms with Crippen LogP contribution >= 0.6 is 0 Å². The highest BCUT2D eigenvalue weighted by molar-refractivity contribution is 6.05.